The van der Waals surface area contributed by atoms with Crippen LogP contribution in [0.3, 0.4) is 0 Å². The Morgan fingerprint density at radius 2 is 1.45 bits per heavy atom. The standard InChI is InChI=1S/C15H27NO4P2/c1-14(2,21(11-17)18-5)12-9-8-10-13(16-12)15(3,4)22(19-6)20-7/h8-10,17H,11H2,1-7H3. The zero-order valence-electron chi connectivity index (χ0n) is 14.5. The van der Waals surface area contributed by atoms with Crippen LogP contribution in [0, 0.1) is 0 Å². The number of aliphatic hydroxyl groups excluding tert-OH is 1. The largest absolute Gasteiger partial charge is 0.389 e. The molecule has 0 aliphatic carbocycles. The van der Waals surface area contributed by atoms with E-state index in [-0.39, 0.29) is 16.7 Å². The van der Waals surface area contributed by atoms with Crippen molar-refractivity contribution in [2.45, 2.75) is 38.0 Å². The Kier molecular flexibility index (Phi) is 7.32. The van der Waals surface area contributed by atoms with E-state index in [2.05, 4.69) is 13.8 Å². The van der Waals surface area contributed by atoms with Crippen LogP contribution in [0.1, 0.15) is 39.1 Å². The summed E-state index contributed by atoms with van der Waals surface area (Å²) in [7, 11) is 2.84. The number of aromatic nitrogens is 1. The van der Waals surface area contributed by atoms with Crippen molar-refractivity contribution in [3.8, 4) is 0 Å². The maximum atomic E-state index is 9.56. The lowest BCUT2D eigenvalue weighted by atomic mass is 10.0. The van der Waals surface area contributed by atoms with Crippen molar-refractivity contribution in [2.24, 2.45) is 0 Å². The van der Waals surface area contributed by atoms with Gasteiger partial charge < -0.3 is 18.7 Å². The molecule has 0 aliphatic heterocycles. The highest BCUT2D eigenvalue weighted by Gasteiger charge is 2.37. The van der Waals surface area contributed by atoms with Gasteiger partial charge in [0.1, 0.15) is 0 Å². The number of aliphatic hydroxyl groups is 1. The summed E-state index contributed by atoms with van der Waals surface area (Å²) in [6.45, 7) is 8.23. The fraction of sp³-hybridized carbons (Fsp3) is 0.667. The van der Waals surface area contributed by atoms with Gasteiger partial charge in [0.15, 0.2) is 8.38 Å². The van der Waals surface area contributed by atoms with E-state index < -0.39 is 16.5 Å². The van der Waals surface area contributed by atoms with Gasteiger partial charge in [-0.05, 0) is 39.8 Å². The van der Waals surface area contributed by atoms with E-state index in [0.29, 0.717) is 0 Å². The highest BCUT2D eigenvalue weighted by molar-refractivity contribution is 7.53. The van der Waals surface area contributed by atoms with Gasteiger partial charge in [0.05, 0.1) is 36.2 Å². The summed E-state index contributed by atoms with van der Waals surface area (Å²) < 4.78 is 16.4. The molecule has 7 heteroatoms. The number of rotatable bonds is 8. The third-order valence-corrected chi connectivity index (χ3v) is 7.74. The summed E-state index contributed by atoms with van der Waals surface area (Å²) in [4.78, 5) is 4.83. The molecule has 1 heterocycles. The Morgan fingerprint density at radius 1 is 0.955 bits per heavy atom. The minimum Gasteiger partial charge on any atom is -0.389 e. The fourth-order valence-corrected chi connectivity index (χ4v) is 5.01. The van der Waals surface area contributed by atoms with E-state index in [9.17, 15) is 5.11 Å². The van der Waals surface area contributed by atoms with E-state index in [1.54, 1.807) is 21.3 Å². The second-order valence-electron chi connectivity index (χ2n) is 5.85. The van der Waals surface area contributed by atoms with Gasteiger partial charge in [-0.2, -0.15) is 0 Å². The number of nitrogens with zero attached hydrogens (tertiary/aromatic N) is 1. The molecule has 0 amide bonds. The van der Waals surface area contributed by atoms with E-state index in [4.69, 9.17) is 18.6 Å². The third-order valence-electron chi connectivity index (χ3n) is 3.76. The van der Waals surface area contributed by atoms with Crippen LogP contribution in [0.2, 0.25) is 0 Å². The molecule has 1 aromatic heterocycles. The molecule has 1 rings (SSSR count). The second kappa shape index (κ2) is 8.10. The smallest absolute Gasteiger partial charge is 0.182 e. The van der Waals surface area contributed by atoms with Crippen LogP contribution in [-0.2, 0) is 23.9 Å². The van der Waals surface area contributed by atoms with E-state index >= 15 is 0 Å². The van der Waals surface area contributed by atoms with E-state index in [1.807, 2.05) is 32.0 Å². The lowest BCUT2D eigenvalue weighted by Crippen LogP contribution is -2.23. The molecule has 0 spiro atoms. The van der Waals surface area contributed by atoms with Crippen LogP contribution < -0.4 is 0 Å². The average Bonchev–Trinajstić information content (AvgIpc) is 2.49. The van der Waals surface area contributed by atoms with Crippen LogP contribution in [-0.4, -0.2) is 37.8 Å². The summed E-state index contributed by atoms with van der Waals surface area (Å²) in [5.41, 5.74) is 1.82. The molecule has 5 nitrogen and oxygen atoms in total. The molecule has 22 heavy (non-hydrogen) atoms. The maximum Gasteiger partial charge on any atom is 0.182 e. The molecule has 0 radical (unpaired) electrons. The Morgan fingerprint density at radius 3 is 1.86 bits per heavy atom. The van der Waals surface area contributed by atoms with Crippen LogP contribution in [0.5, 0.6) is 0 Å². The van der Waals surface area contributed by atoms with Gasteiger partial charge in [0.2, 0.25) is 0 Å². The SMILES string of the molecule is COP(CO)C(C)(C)c1cccc(C(C)(C)P(OC)OC)n1. The first kappa shape index (κ1) is 19.9. The average molecular weight is 347 g/mol. The van der Waals surface area contributed by atoms with Gasteiger partial charge in [0, 0.05) is 21.3 Å². The third kappa shape index (κ3) is 4.03. The highest BCUT2D eigenvalue weighted by Crippen LogP contribution is 2.57. The van der Waals surface area contributed by atoms with E-state index in [0.717, 1.165) is 11.4 Å². The molecule has 1 unspecified atom stereocenters. The first-order valence-corrected chi connectivity index (χ1v) is 9.67. The monoisotopic (exact) mass is 347 g/mol. The minimum atomic E-state index is -1.08. The number of hydrogen-bond acceptors (Lipinski definition) is 5. The predicted molar refractivity (Wildman–Crippen MR) is 92.2 cm³/mol. The summed E-state index contributed by atoms with van der Waals surface area (Å²) in [5, 5.41) is 8.88. The van der Waals surface area contributed by atoms with Gasteiger partial charge in [-0.15, -0.1) is 0 Å². The zero-order valence-corrected chi connectivity index (χ0v) is 16.2. The van der Waals surface area contributed by atoms with Crippen LogP contribution >= 0.6 is 16.5 Å². The molecular formula is C15H27NO4P2. The summed E-state index contributed by atoms with van der Waals surface area (Å²) in [5.74, 6) is 0. The van der Waals surface area contributed by atoms with Crippen molar-refractivity contribution in [3.63, 3.8) is 0 Å². The van der Waals surface area contributed by atoms with Crippen molar-refractivity contribution >= 4 is 16.5 Å². The Bertz CT molecular complexity index is 435. The maximum absolute atomic E-state index is 9.56. The van der Waals surface area contributed by atoms with Crippen molar-refractivity contribution < 1.29 is 18.7 Å². The zero-order chi connectivity index (χ0) is 17.0. The molecule has 0 saturated heterocycles. The topological polar surface area (TPSA) is 60.8 Å². The van der Waals surface area contributed by atoms with Crippen molar-refractivity contribution in [3.05, 3.63) is 29.6 Å². The highest BCUT2D eigenvalue weighted by atomic mass is 31.2. The molecule has 0 saturated carbocycles. The van der Waals surface area contributed by atoms with Crippen LogP contribution in [0.4, 0.5) is 0 Å². The van der Waals surface area contributed by atoms with Gasteiger partial charge in [-0.25, -0.2) is 0 Å². The van der Waals surface area contributed by atoms with Crippen molar-refractivity contribution in [2.75, 3.05) is 27.7 Å². The molecule has 0 aliphatic rings. The molecule has 1 aromatic rings. The predicted octanol–water partition coefficient (Wildman–Crippen LogP) is 4.15. The van der Waals surface area contributed by atoms with Gasteiger partial charge in [0.25, 0.3) is 0 Å². The summed E-state index contributed by atoms with van der Waals surface area (Å²) in [6, 6.07) is 5.95. The van der Waals surface area contributed by atoms with Gasteiger partial charge in [-0.1, -0.05) is 6.07 Å². The Balaban J connectivity index is 3.24. The normalized spacial score (nSPS) is 14.4. The molecule has 1 N–H and O–H groups in total. The second-order valence-corrected chi connectivity index (χ2v) is 10.7. The van der Waals surface area contributed by atoms with Crippen LogP contribution in [0.15, 0.2) is 18.2 Å². The number of pyridine rings is 1. The van der Waals surface area contributed by atoms with Gasteiger partial charge in [-0.3, -0.25) is 4.98 Å². The molecular weight excluding hydrogens is 320 g/mol. The van der Waals surface area contributed by atoms with E-state index in [1.165, 1.54) is 0 Å². The number of hydrogen-bond donors (Lipinski definition) is 1. The Hall–Kier alpha value is -0.150. The lowest BCUT2D eigenvalue weighted by Gasteiger charge is -2.34. The first-order chi connectivity index (χ1) is 10.2. The fourth-order valence-electron chi connectivity index (χ4n) is 2.33. The summed E-state index contributed by atoms with van der Waals surface area (Å²) in [6.07, 6.45) is 0.0109. The van der Waals surface area contributed by atoms with Crippen LogP contribution in [0.25, 0.3) is 0 Å². The first-order valence-electron chi connectivity index (χ1n) is 7.04. The summed E-state index contributed by atoms with van der Waals surface area (Å²) >= 11 is 0. The minimum absolute atomic E-state index is 0.0109. The lowest BCUT2D eigenvalue weighted by molar-refractivity contribution is 0.315. The van der Waals surface area contributed by atoms with Crippen molar-refractivity contribution in [1.29, 1.82) is 0 Å². The molecule has 0 fully saturated rings. The quantitative estimate of drug-likeness (QED) is 0.716. The van der Waals surface area contributed by atoms with Crippen molar-refractivity contribution in [1.82, 2.24) is 4.98 Å². The molecule has 1 atom stereocenters. The van der Waals surface area contributed by atoms with Gasteiger partial charge >= 0.3 is 0 Å². The Labute approximate surface area is 136 Å². The molecule has 0 aromatic carbocycles. The molecule has 0 bridgehead atoms. The molecule has 126 valence electrons.